The lowest BCUT2D eigenvalue weighted by Crippen LogP contribution is -2.39. The Hall–Kier alpha value is -1.51. The molecule has 1 aliphatic heterocycles. The third-order valence-electron chi connectivity index (χ3n) is 4.75. The minimum atomic E-state index is -4.01. The van der Waals surface area contributed by atoms with Gasteiger partial charge in [0.2, 0.25) is 0 Å². The van der Waals surface area contributed by atoms with Crippen LogP contribution in [0.25, 0.3) is 0 Å². The monoisotopic (exact) mass is 571 g/mol. The van der Waals surface area contributed by atoms with E-state index in [-0.39, 0.29) is 41.4 Å². The topological polar surface area (TPSA) is 86.8 Å². The highest BCUT2D eigenvalue weighted by atomic mass is 127. The normalized spacial score (nSPS) is 17.2. The van der Waals surface area contributed by atoms with Crippen LogP contribution < -0.4 is 9.62 Å². The second-order valence-electron chi connectivity index (χ2n) is 6.83. The van der Waals surface area contributed by atoms with Crippen molar-refractivity contribution in [3.8, 4) is 0 Å². The molecule has 1 N–H and O–H groups in total. The van der Waals surface area contributed by atoms with Crippen molar-refractivity contribution in [2.45, 2.75) is 28.6 Å². The van der Waals surface area contributed by atoms with Crippen LogP contribution in [-0.4, -0.2) is 45.4 Å². The Kier molecular flexibility index (Phi) is 6.60. The van der Waals surface area contributed by atoms with Gasteiger partial charge in [0.25, 0.3) is 26.0 Å². The standard InChI is InChI=1S/C18H20F2IN3O4S2/c1-23(21)30(27,28)15-8-6-14(7-9-15)29(25,26)22-16-4-2-3-5-17(16)24-12-10-18(19,20)11-13-24/h2-9,22H,10-13H2,1H3. The number of nitrogens with zero attached hydrogens (tertiary/aromatic N) is 2. The van der Waals surface area contributed by atoms with Gasteiger partial charge in [0.1, 0.15) is 0 Å². The molecule has 3 rings (SSSR count). The summed E-state index contributed by atoms with van der Waals surface area (Å²) in [6.07, 6.45) is -0.593. The van der Waals surface area contributed by atoms with E-state index in [0.29, 0.717) is 5.69 Å². The summed E-state index contributed by atoms with van der Waals surface area (Å²) < 4.78 is 80.4. The van der Waals surface area contributed by atoms with Crippen LogP contribution in [0.15, 0.2) is 58.3 Å². The van der Waals surface area contributed by atoms with Gasteiger partial charge in [-0.1, -0.05) is 12.1 Å². The highest BCUT2D eigenvalue weighted by Gasteiger charge is 2.34. The predicted octanol–water partition coefficient (Wildman–Crippen LogP) is 3.69. The molecule has 0 aliphatic carbocycles. The van der Waals surface area contributed by atoms with E-state index in [1.807, 2.05) is 0 Å². The number of alkyl halides is 2. The summed E-state index contributed by atoms with van der Waals surface area (Å²) in [5.74, 6) is -2.71. The maximum Gasteiger partial charge on any atom is 0.261 e. The SMILES string of the molecule is CN(I)S(=O)(=O)c1ccc(S(=O)(=O)Nc2ccccc2N2CCC(F)(F)CC2)cc1. The summed E-state index contributed by atoms with van der Waals surface area (Å²) in [4.78, 5) is 1.58. The van der Waals surface area contributed by atoms with Gasteiger partial charge in [-0.25, -0.2) is 25.6 Å². The van der Waals surface area contributed by atoms with Gasteiger partial charge in [0.15, 0.2) is 0 Å². The first-order chi connectivity index (χ1) is 13.9. The maximum absolute atomic E-state index is 13.5. The number of halogens is 3. The molecule has 1 saturated heterocycles. The number of hydrogen-bond donors (Lipinski definition) is 1. The van der Waals surface area contributed by atoms with E-state index < -0.39 is 26.0 Å². The number of piperidine rings is 1. The van der Waals surface area contributed by atoms with Crippen LogP contribution in [0.4, 0.5) is 20.2 Å². The first-order valence-corrected chi connectivity index (χ1v) is 12.8. The van der Waals surface area contributed by atoms with Crippen LogP contribution in [0.2, 0.25) is 0 Å². The molecule has 30 heavy (non-hydrogen) atoms. The summed E-state index contributed by atoms with van der Waals surface area (Å²) in [6.45, 7) is 0.226. The molecule has 0 spiro atoms. The molecule has 2 aromatic carbocycles. The largest absolute Gasteiger partial charge is 0.369 e. The first-order valence-electron chi connectivity index (χ1n) is 8.92. The van der Waals surface area contributed by atoms with Crippen molar-refractivity contribution in [3.63, 3.8) is 0 Å². The van der Waals surface area contributed by atoms with Crippen LogP contribution >= 0.6 is 22.9 Å². The molecule has 0 unspecified atom stereocenters. The third kappa shape index (κ3) is 5.03. The van der Waals surface area contributed by atoms with E-state index in [4.69, 9.17) is 0 Å². The average molecular weight is 571 g/mol. The summed E-state index contributed by atoms with van der Waals surface area (Å²) in [6, 6.07) is 11.4. The highest BCUT2D eigenvalue weighted by Crippen LogP contribution is 2.34. The Labute approximate surface area is 188 Å². The van der Waals surface area contributed by atoms with Crippen LogP contribution in [0, 0.1) is 0 Å². The van der Waals surface area contributed by atoms with Gasteiger partial charge in [-0.05, 0) is 36.4 Å². The van der Waals surface area contributed by atoms with Crippen LogP contribution in [0.3, 0.4) is 0 Å². The van der Waals surface area contributed by atoms with Crippen LogP contribution in [-0.2, 0) is 20.0 Å². The molecule has 0 atom stereocenters. The van der Waals surface area contributed by atoms with Gasteiger partial charge in [-0.15, -0.1) is 2.52 Å². The number of benzene rings is 2. The zero-order valence-corrected chi connectivity index (χ0v) is 19.7. The van der Waals surface area contributed by atoms with Crippen LogP contribution in [0.1, 0.15) is 12.8 Å². The third-order valence-corrected chi connectivity index (χ3v) is 9.21. The average Bonchev–Trinajstić information content (AvgIpc) is 2.68. The van der Waals surface area contributed by atoms with Crippen molar-refractivity contribution in [1.29, 1.82) is 0 Å². The lowest BCUT2D eigenvalue weighted by molar-refractivity contribution is -0.0220. The maximum atomic E-state index is 13.5. The number of para-hydroxylation sites is 2. The van der Waals surface area contributed by atoms with Gasteiger partial charge in [-0.3, -0.25) is 4.72 Å². The quantitative estimate of drug-likeness (QED) is 0.423. The zero-order chi connectivity index (χ0) is 22.2. The molecule has 2 aromatic rings. The summed E-state index contributed by atoms with van der Waals surface area (Å²) in [5, 5.41) is 0. The van der Waals surface area contributed by atoms with Crippen molar-refractivity contribution >= 4 is 54.3 Å². The van der Waals surface area contributed by atoms with Crippen molar-refractivity contribution in [2.75, 3.05) is 29.8 Å². The van der Waals surface area contributed by atoms with Crippen molar-refractivity contribution in [3.05, 3.63) is 48.5 Å². The second-order valence-corrected chi connectivity index (χ2v) is 12.6. The molecule has 164 valence electrons. The van der Waals surface area contributed by atoms with E-state index in [1.54, 1.807) is 52.0 Å². The smallest absolute Gasteiger partial charge is 0.261 e. The van der Waals surface area contributed by atoms with Gasteiger partial charge < -0.3 is 4.90 Å². The summed E-state index contributed by atoms with van der Waals surface area (Å²) >= 11 is 1.62. The fourth-order valence-electron chi connectivity index (χ4n) is 3.05. The molecular weight excluding hydrogens is 551 g/mol. The van der Waals surface area contributed by atoms with E-state index in [0.717, 1.165) is 2.52 Å². The second kappa shape index (κ2) is 8.55. The number of rotatable bonds is 6. The molecule has 12 heteroatoms. The number of sulfonamides is 2. The van der Waals surface area contributed by atoms with Crippen LogP contribution in [0.5, 0.6) is 0 Å². The summed E-state index contributed by atoms with van der Waals surface area (Å²) in [7, 11) is -6.34. The Morgan fingerprint density at radius 2 is 1.50 bits per heavy atom. The molecule has 0 radical (unpaired) electrons. The van der Waals surface area contributed by atoms with Crippen molar-refractivity contribution in [1.82, 2.24) is 2.52 Å². The van der Waals surface area contributed by atoms with E-state index >= 15 is 0 Å². The van der Waals surface area contributed by atoms with E-state index in [1.165, 1.54) is 31.3 Å². The number of nitrogens with one attached hydrogen (secondary N) is 1. The van der Waals surface area contributed by atoms with Crippen molar-refractivity contribution in [2.24, 2.45) is 0 Å². The van der Waals surface area contributed by atoms with Crippen molar-refractivity contribution < 1.29 is 25.6 Å². The Morgan fingerprint density at radius 3 is 2.07 bits per heavy atom. The molecular formula is C18H20F2IN3O4S2. The van der Waals surface area contributed by atoms with Gasteiger partial charge in [-0.2, -0.15) is 0 Å². The summed E-state index contributed by atoms with van der Waals surface area (Å²) in [5.41, 5.74) is 0.786. The number of hydrogen-bond acceptors (Lipinski definition) is 5. The molecule has 0 amide bonds. The molecule has 0 saturated carbocycles. The fraction of sp³-hybridized carbons (Fsp3) is 0.333. The lowest BCUT2D eigenvalue weighted by Gasteiger charge is -2.34. The highest BCUT2D eigenvalue weighted by molar-refractivity contribution is 14.1. The zero-order valence-electron chi connectivity index (χ0n) is 15.9. The van der Waals surface area contributed by atoms with Gasteiger partial charge in [0.05, 0.1) is 21.2 Å². The van der Waals surface area contributed by atoms with E-state index in [9.17, 15) is 25.6 Å². The molecule has 1 heterocycles. The predicted molar refractivity (Wildman–Crippen MR) is 119 cm³/mol. The minimum absolute atomic E-state index is 0.0343. The van der Waals surface area contributed by atoms with Gasteiger partial charge in [0, 0.05) is 55.8 Å². The molecule has 0 aromatic heterocycles. The molecule has 7 nitrogen and oxygen atoms in total. The van der Waals surface area contributed by atoms with Gasteiger partial charge >= 0.3 is 0 Å². The Bertz CT molecular complexity index is 1110. The fourth-order valence-corrected chi connectivity index (χ4v) is 5.58. The molecule has 1 aliphatic rings. The number of anilines is 2. The Morgan fingerprint density at radius 1 is 0.967 bits per heavy atom. The molecule has 0 bridgehead atoms. The Balaban J connectivity index is 1.85. The minimum Gasteiger partial charge on any atom is -0.369 e. The first kappa shape index (κ1) is 23.2. The van der Waals surface area contributed by atoms with E-state index in [2.05, 4.69) is 4.72 Å². The molecule has 1 fully saturated rings. The lowest BCUT2D eigenvalue weighted by atomic mass is 10.1.